The summed E-state index contributed by atoms with van der Waals surface area (Å²) in [6.07, 6.45) is 2.56. The third-order valence-electron chi connectivity index (χ3n) is 5.43. The maximum absolute atomic E-state index is 12.7. The van der Waals surface area contributed by atoms with Gasteiger partial charge in [0.2, 0.25) is 5.91 Å². The van der Waals surface area contributed by atoms with Crippen LogP contribution in [-0.4, -0.2) is 16.9 Å². The van der Waals surface area contributed by atoms with Crippen molar-refractivity contribution in [2.24, 2.45) is 23.7 Å². The zero-order chi connectivity index (χ0) is 18.4. The number of amides is 1. The number of halogens is 2. The number of thiazole rings is 1. The fourth-order valence-corrected chi connectivity index (χ4v) is 5.57. The molecule has 0 aliphatic heterocycles. The molecule has 2 aliphatic rings. The van der Waals surface area contributed by atoms with E-state index in [1.54, 1.807) is 23.6 Å². The van der Waals surface area contributed by atoms with E-state index in [0.29, 0.717) is 20.9 Å². The first kappa shape index (κ1) is 17.8. The van der Waals surface area contributed by atoms with Crippen molar-refractivity contribution in [3.63, 3.8) is 0 Å². The van der Waals surface area contributed by atoms with E-state index in [-0.39, 0.29) is 17.7 Å². The number of nitrogens with one attached hydrogen (secondary N) is 1. The Bertz CT molecular complexity index is 885. The molecular formula is C18H15Cl2N2O3S-. The van der Waals surface area contributed by atoms with E-state index in [1.807, 2.05) is 0 Å². The summed E-state index contributed by atoms with van der Waals surface area (Å²) in [6, 6.07) is 5.13. The van der Waals surface area contributed by atoms with E-state index in [4.69, 9.17) is 23.2 Å². The summed E-state index contributed by atoms with van der Waals surface area (Å²) in [5.41, 5.74) is 1.36. The molecule has 1 amide bonds. The molecule has 2 aliphatic carbocycles. The number of carboxylic acids is 1. The van der Waals surface area contributed by atoms with Crippen LogP contribution in [0.25, 0.3) is 11.3 Å². The molecule has 136 valence electrons. The predicted octanol–water partition coefficient (Wildman–Crippen LogP) is 3.47. The largest absolute Gasteiger partial charge is 0.550 e. The fourth-order valence-electron chi connectivity index (χ4n) is 4.35. The highest BCUT2D eigenvalue weighted by Crippen LogP contribution is 2.52. The lowest BCUT2D eigenvalue weighted by Gasteiger charge is -2.30. The van der Waals surface area contributed by atoms with Gasteiger partial charge in [-0.1, -0.05) is 23.2 Å². The second-order valence-electron chi connectivity index (χ2n) is 6.86. The van der Waals surface area contributed by atoms with Crippen LogP contribution in [0, 0.1) is 23.7 Å². The first-order valence-corrected chi connectivity index (χ1v) is 10.0. The summed E-state index contributed by atoms with van der Waals surface area (Å²) in [5.74, 6) is -2.46. The Labute approximate surface area is 164 Å². The number of fused-ring (bicyclic) bond motifs is 2. The Morgan fingerprint density at radius 2 is 1.92 bits per heavy atom. The predicted molar refractivity (Wildman–Crippen MR) is 99.0 cm³/mol. The van der Waals surface area contributed by atoms with Crippen molar-refractivity contribution in [3.05, 3.63) is 33.6 Å². The third-order valence-corrected chi connectivity index (χ3v) is 6.74. The van der Waals surface area contributed by atoms with Crippen LogP contribution < -0.4 is 10.4 Å². The Morgan fingerprint density at radius 1 is 1.19 bits per heavy atom. The standard InChI is InChI=1S/C18H16Cl2N2O3S/c19-10-3-4-11(12(20)6-10)13-7-26-18(21-13)22-16(23)14-8-1-2-9(5-8)15(14)17(24)25/h3-4,6-9,14-15H,1-2,5H2,(H,24,25)(H,21,22,23)/p-1/t8-,9-,14+,15-/m0/s1. The van der Waals surface area contributed by atoms with Gasteiger partial charge in [0.15, 0.2) is 5.13 Å². The minimum Gasteiger partial charge on any atom is -0.550 e. The Balaban J connectivity index is 1.52. The van der Waals surface area contributed by atoms with Gasteiger partial charge in [0.05, 0.1) is 10.7 Å². The van der Waals surface area contributed by atoms with Gasteiger partial charge in [-0.25, -0.2) is 4.98 Å². The number of rotatable bonds is 4. The highest BCUT2D eigenvalue weighted by Gasteiger charge is 2.51. The van der Waals surface area contributed by atoms with Crippen molar-refractivity contribution >= 4 is 51.5 Å². The molecule has 0 saturated heterocycles. The van der Waals surface area contributed by atoms with E-state index >= 15 is 0 Å². The van der Waals surface area contributed by atoms with Gasteiger partial charge in [-0.15, -0.1) is 11.3 Å². The normalized spacial score (nSPS) is 26.8. The highest BCUT2D eigenvalue weighted by atomic mass is 35.5. The molecule has 1 heterocycles. The summed E-state index contributed by atoms with van der Waals surface area (Å²) in [5, 5.41) is 17.5. The number of hydrogen-bond donors (Lipinski definition) is 1. The molecule has 8 heteroatoms. The third kappa shape index (κ3) is 3.10. The molecule has 1 aromatic carbocycles. The van der Waals surface area contributed by atoms with Crippen molar-refractivity contribution in [1.82, 2.24) is 4.98 Å². The van der Waals surface area contributed by atoms with Crippen LogP contribution in [0.5, 0.6) is 0 Å². The SMILES string of the molecule is O=C(Nc1nc(-c2ccc(Cl)cc2Cl)cs1)[C@@H]1[C@H]2CC[C@@H](C2)[C@@H]1C(=O)[O-]. The maximum atomic E-state index is 12.7. The number of carbonyl (C=O) groups excluding carboxylic acids is 2. The molecule has 1 N–H and O–H groups in total. The molecule has 0 spiro atoms. The Hall–Kier alpha value is -1.63. The van der Waals surface area contributed by atoms with Gasteiger partial charge in [-0.2, -0.15) is 0 Å². The summed E-state index contributed by atoms with van der Waals surface area (Å²) >= 11 is 13.4. The summed E-state index contributed by atoms with van der Waals surface area (Å²) in [6.45, 7) is 0. The number of aliphatic carboxylic acids is 1. The van der Waals surface area contributed by atoms with Gasteiger partial charge >= 0.3 is 0 Å². The highest BCUT2D eigenvalue weighted by molar-refractivity contribution is 7.14. The number of nitrogens with zero attached hydrogens (tertiary/aromatic N) is 1. The minimum atomic E-state index is -1.12. The molecule has 2 bridgehead atoms. The lowest BCUT2D eigenvalue weighted by molar-refractivity contribution is -0.314. The quantitative estimate of drug-likeness (QED) is 0.837. The fraction of sp³-hybridized carbons (Fsp3) is 0.389. The van der Waals surface area contributed by atoms with Gasteiger partial charge < -0.3 is 15.2 Å². The zero-order valence-corrected chi connectivity index (χ0v) is 15.9. The number of anilines is 1. The second kappa shape index (κ2) is 6.83. The van der Waals surface area contributed by atoms with Crippen molar-refractivity contribution < 1.29 is 14.7 Å². The lowest BCUT2D eigenvalue weighted by Crippen LogP contribution is -2.43. The summed E-state index contributed by atoms with van der Waals surface area (Å²) in [7, 11) is 0. The summed E-state index contributed by atoms with van der Waals surface area (Å²) < 4.78 is 0. The molecule has 26 heavy (non-hydrogen) atoms. The van der Waals surface area contributed by atoms with Crippen LogP contribution in [0.4, 0.5) is 5.13 Å². The number of benzene rings is 1. The maximum Gasteiger partial charge on any atom is 0.230 e. The molecule has 5 nitrogen and oxygen atoms in total. The first-order chi connectivity index (χ1) is 12.4. The monoisotopic (exact) mass is 409 g/mol. The Kier molecular flexibility index (Phi) is 4.67. The van der Waals surface area contributed by atoms with E-state index in [2.05, 4.69) is 10.3 Å². The molecule has 4 atom stereocenters. The molecule has 2 saturated carbocycles. The van der Waals surface area contributed by atoms with Crippen LogP contribution in [0.3, 0.4) is 0 Å². The van der Waals surface area contributed by atoms with Gasteiger partial charge in [0.25, 0.3) is 0 Å². The topological polar surface area (TPSA) is 82.1 Å². The molecule has 0 radical (unpaired) electrons. The van der Waals surface area contributed by atoms with Gasteiger partial charge in [0, 0.05) is 33.8 Å². The minimum absolute atomic E-state index is 0.0560. The lowest BCUT2D eigenvalue weighted by atomic mass is 9.79. The van der Waals surface area contributed by atoms with Crippen LogP contribution >= 0.6 is 34.5 Å². The van der Waals surface area contributed by atoms with Crippen LogP contribution in [0.1, 0.15) is 19.3 Å². The summed E-state index contributed by atoms with van der Waals surface area (Å²) in [4.78, 5) is 28.6. The number of carboxylic acid groups (broad SMARTS) is 1. The molecule has 4 rings (SSSR count). The van der Waals surface area contributed by atoms with Crippen LogP contribution in [0.2, 0.25) is 10.0 Å². The number of carbonyl (C=O) groups is 2. The van der Waals surface area contributed by atoms with Crippen LogP contribution in [0.15, 0.2) is 23.6 Å². The van der Waals surface area contributed by atoms with E-state index in [1.165, 1.54) is 11.3 Å². The molecule has 0 unspecified atom stereocenters. The average molecular weight is 410 g/mol. The average Bonchev–Trinajstić information content (AvgIpc) is 3.29. The van der Waals surface area contributed by atoms with Crippen molar-refractivity contribution in [2.75, 3.05) is 5.32 Å². The van der Waals surface area contributed by atoms with E-state index < -0.39 is 17.8 Å². The molecule has 2 fully saturated rings. The smallest absolute Gasteiger partial charge is 0.230 e. The van der Waals surface area contributed by atoms with Gasteiger partial charge in [-0.05, 0) is 49.3 Å². The number of aromatic nitrogens is 1. The molecule has 1 aromatic heterocycles. The van der Waals surface area contributed by atoms with Crippen LogP contribution in [-0.2, 0) is 9.59 Å². The second-order valence-corrected chi connectivity index (χ2v) is 8.56. The van der Waals surface area contributed by atoms with Gasteiger partial charge in [-0.3, -0.25) is 4.79 Å². The van der Waals surface area contributed by atoms with E-state index in [0.717, 1.165) is 24.8 Å². The molecule has 2 aromatic rings. The zero-order valence-electron chi connectivity index (χ0n) is 13.6. The van der Waals surface area contributed by atoms with Crippen molar-refractivity contribution in [2.45, 2.75) is 19.3 Å². The van der Waals surface area contributed by atoms with E-state index in [9.17, 15) is 14.7 Å². The Morgan fingerprint density at radius 3 is 2.62 bits per heavy atom. The first-order valence-electron chi connectivity index (χ1n) is 8.36. The molecular weight excluding hydrogens is 395 g/mol. The number of hydrogen-bond acceptors (Lipinski definition) is 5. The van der Waals surface area contributed by atoms with Gasteiger partial charge in [0.1, 0.15) is 0 Å². The van der Waals surface area contributed by atoms with Crippen molar-refractivity contribution in [3.8, 4) is 11.3 Å². The van der Waals surface area contributed by atoms with Crippen molar-refractivity contribution in [1.29, 1.82) is 0 Å².